The molecule has 0 fully saturated rings. The van der Waals surface area contributed by atoms with Gasteiger partial charge in [0.1, 0.15) is 6.61 Å². The molecule has 1 aromatic carbocycles. The number of esters is 1. The van der Waals surface area contributed by atoms with Gasteiger partial charge >= 0.3 is 12.1 Å². The Bertz CT molecular complexity index is 991. The minimum Gasteiger partial charge on any atom is -0.456 e. The number of benzene rings is 1. The van der Waals surface area contributed by atoms with Crippen LogP contribution in [0.25, 0.3) is 4.96 Å². The Kier molecular flexibility index (Phi) is 4.34. The molecule has 0 saturated heterocycles. The summed E-state index contributed by atoms with van der Waals surface area (Å²) in [7, 11) is 0. The van der Waals surface area contributed by atoms with Gasteiger partial charge in [0.2, 0.25) is 0 Å². The van der Waals surface area contributed by atoms with Crippen LogP contribution in [0.15, 0.2) is 40.5 Å². The molecular weight excluding hydrogens is 357 g/mol. The fourth-order valence-electron chi connectivity index (χ4n) is 2.19. The molecule has 0 aliphatic heterocycles. The first-order valence-electron chi connectivity index (χ1n) is 7.07. The predicted molar refractivity (Wildman–Crippen MR) is 84.6 cm³/mol. The lowest BCUT2D eigenvalue weighted by molar-refractivity contribution is -0.137. The Balaban J connectivity index is 1.73. The summed E-state index contributed by atoms with van der Waals surface area (Å²) in [6.45, 7) is 1.53. The molecule has 0 saturated carbocycles. The Morgan fingerprint density at radius 2 is 1.96 bits per heavy atom. The lowest BCUT2D eigenvalue weighted by Gasteiger charge is -2.08. The Morgan fingerprint density at radius 3 is 2.60 bits per heavy atom. The number of hydrogen-bond acceptors (Lipinski definition) is 5. The van der Waals surface area contributed by atoms with Crippen LogP contribution in [0.1, 0.15) is 27.3 Å². The highest BCUT2D eigenvalue weighted by atomic mass is 32.1. The number of aromatic nitrogens is 2. The Labute approximate surface area is 143 Å². The lowest BCUT2D eigenvalue weighted by atomic mass is 10.1. The molecule has 25 heavy (non-hydrogen) atoms. The van der Waals surface area contributed by atoms with Crippen molar-refractivity contribution in [3.63, 3.8) is 0 Å². The van der Waals surface area contributed by atoms with Gasteiger partial charge in [-0.3, -0.25) is 9.20 Å². The van der Waals surface area contributed by atoms with Crippen molar-refractivity contribution in [2.45, 2.75) is 19.7 Å². The summed E-state index contributed by atoms with van der Waals surface area (Å²) in [4.78, 5) is 28.6. The average molecular weight is 368 g/mol. The number of carbonyl (C=O) groups excluding carboxylic acids is 1. The molecule has 0 spiro atoms. The number of thiazole rings is 1. The van der Waals surface area contributed by atoms with Crippen molar-refractivity contribution in [3.8, 4) is 0 Å². The van der Waals surface area contributed by atoms with Crippen LogP contribution < -0.4 is 5.56 Å². The van der Waals surface area contributed by atoms with Crippen molar-refractivity contribution in [3.05, 3.63) is 68.6 Å². The third-order valence-corrected chi connectivity index (χ3v) is 4.37. The fourth-order valence-corrected chi connectivity index (χ4v) is 3.08. The van der Waals surface area contributed by atoms with Gasteiger partial charge in [0.05, 0.1) is 16.8 Å². The number of aryl methyl sites for hydroxylation is 1. The molecule has 2 aromatic heterocycles. The molecule has 0 bridgehead atoms. The van der Waals surface area contributed by atoms with E-state index in [4.69, 9.17) is 4.74 Å². The molecule has 3 rings (SSSR count). The lowest BCUT2D eigenvalue weighted by Crippen LogP contribution is -2.16. The largest absolute Gasteiger partial charge is 0.456 e. The van der Waals surface area contributed by atoms with Crippen molar-refractivity contribution in [1.82, 2.24) is 9.38 Å². The van der Waals surface area contributed by atoms with E-state index in [0.29, 0.717) is 4.96 Å². The van der Waals surface area contributed by atoms with Gasteiger partial charge in [0, 0.05) is 17.1 Å². The van der Waals surface area contributed by atoms with Crippen molar-refractivity contribution >= 4 is 22.3 Å². The van der Waals surface area contributed by atoms with Crippen LogP contribution in [0.4, 0.5) is 13.2 Å². The third kappa shape index (κ3) is 3.55. The highest BCUT2D eigenvalue weighted by Crippen LogP contribution is 2.29. The van der Waals surface area contributed by atoms with Crippen LogP contribution in [0, 0.1) is 6.92 Å². The second kappa shape index (κ2) is 6.32. The smallest absolute Gasteiger partial charge is 0.416 e. The van der Waals surface area contributed by atoms with Gasteiger partial charge in [0.15, 0.2) is 4.96 Å². The van der Waals surface area contributed by atoms with Crippen LogP contribution >= 0.6 is 11.3 Å². The maximum absolute atomic E-state index is 12.5. The zero-order valence-electron chi connectivity index (χ0n) is 12.8. The summed E-state index contributed by atoms with van der Waals surface area (Å²) < 4.78 is 44.0. The van der Waals surface area contributed by atoms with Gasteiger partial charge in [-0.1, -0.05) is 0 Å². The van der Waals surface area contributed by atoms with E-state index in [2.05, 4.69) is 4.98 Å². The summed E-state index contributed by atoms with van der Waals surface area (Å²) in [6.07, 6.45) is -4.47. The zero-order chi connectivity index (χ0) is 18.2. The molecule has 130 valence electrons. The standard InChI is InChI=1S/C16H11F3N2O3S/c1-9-8-25-15-20-12(6-13(22)21(9)15)7-24-14(23)10-2-4-11(5-3-10)16(17,18)19/h2-6,8H,7H2,1H3. The first-order valence-corrected chi connectivity index (χ1v) is 7.95. The van der Waals surface area contributed by atoms with E-state index >= 15 is 0 Å². The van der Waals surface area contributed by atoms with E-state index in [0.717, 1.165) is 30.0 Å². The van der Waals surface area contributed by atoms with Gasteiger partial charge in [-0.2, -0.15) is 13.2 Å². The van der Waals surface area contributed by atoms with Crippen LogP contribution in [0.5, 0.6) is 0 Å². The van der Waals surface area contributed by atoms with E-state index in [9.17, 15) is 22.8 Å². The molecule has 2 heterocycles. The van der Waals surface area contributed by atoms with Gasteiger partial charge in [-0.25, -0.2) is 9.78 Å². The van der Waals surface area contributed by atoms with E-state index in [-0.39, 0.29) is 23.4 Å². The molecule has 0 N–H and O–H groups in total. The highest BCUT2D eigenvalue weighted by molar-refractivity contribution is 7.15. The maximum Gasteiger partial charge on any atom is 0.416 e. The second-order valence-corrected chi connectivity index (χ2v) is 6.07. The number of halogens is 3. The molecule has 0 unspecified atom stereocenters. The number of hydrogen-bond donors (Lipinski definition) is 0. The number of fused-ring (bicyclic) bond motifs is 1. The monoisotopic (exact) mass is 368 g/mol. The SMILES string of the molecule is Cc1csc2nc(COC(=O)c3ccc(C(F)(F)F)cc3)cc(=O)n12. The summed E-state index contributed by atoms with van der Waals surface area (Å²) in [5.74, 6) is -0.793. The van der Waals surface area contributed by atoms with Crippen LogP contribution in [-0.2, 0) is 17.5 Å². The number of ether oxygens (including phenoxy) is 1. The molecule has 9 heteroatoms. The molecule has 0 amide bonds. The number of carbonyl (C=O) groups is 1. The average Bonchev–Trinajstić information content (AvgIpc) is 2.93. The van der Waals surface area contributed by atoms with Crippen molar-refractivity contribution in [1.29, 1.82) is 0 Å². The van der Waals surface area contributed by atoms with Gasteiger partial charge in [-0.15, -0.1) is 11.3 Å². The molecule has 5 nitrogen and oxygen atoms in total. The first-order chi connectivity index (χ1) is 11.8. The van der Waals surface area contributed by atoms with Crippen molar-refractivity contribution < 1.29 is 22.7 Å². The van der Waals surface area contributed by atoms with Gasteiger partial charge in [-0.05, 0) is 31.2 Å². The molecular formula is C16H11F3N2O3S. The van der Waals surface area contributed by atoms with E-state index in [1.54, 1.807) is 12.3 Å². The van der Waals surface area contributed by atoms with Gasteiger partial charge < -0.3 is 4.74 Å². The normalized spacial score (nSPS) is 11.7. The summed E-state index contributed by atoms with van der Waals surface area (Å²) in [5, 5.41) is 1.78. The third-order valence-electron chi connectivity index (χ3n) is 3.43. The van der Waals surface area contributed by atoms with E-state index < -0.39 is 17.7 Å². The molecule has 0 radical (unpaired) electrons. The second-order valence-electron chi connectivity index (χ2n) is 5.23. The Morgan fingerprint density at radius 1 is 1.28 bits per heavy atom. The molecule has 0 aliphatic carbocycles. The van der Waals surface area contributed by atoms with Crippen molar-refractivity contribution in [2.24, 2.45) is 0 Å². The number of alkyl halides is 3. The predicted octanol–water partition coefficient (Wildman–Crippen LogP) is 3.44. The maximum atomic E-state index is 12.5. The molecule has 0 atom stereocenters. The minimum atomic E-state index is -4.47. The summed E-state index contributed by atoms with van der Waals surface area (Å²) in [6, 6.07) is 4.95. The number of nitrogens with zero attached hydrogens (tertiary/aromatic N) is 2. The minimum absolute atomic E-state index is 0.0160. The summed E-state index contributed by atoms with van der Waals surface area (Å²) >= 11 is 1.28. The quantitative estimate of drug-likeness (QED) is 0.665. The zero-order valence-corrected chi connectivity index (χ0v) is 13.6. The first kappa shape index (κ1) is 17.2. The molecule has 3 aromatic rings. The van der Waals surface area contributed by atoms with E-state index in [1.807, 2.05) is 0 Å². The fraction of sp³-hybridized carbons (Fsp3) is 0.188. The van der Waals surface area contributed by atoms with Crippen LogP contribution in [0.2, 0.25) is 0 Å². The topological polar surface area (TPSA) is 60.7 Å². The van der Waals surface area contributed by atoms with E-state index in [1.165, 1.54) is 21.8 Å². The van der Waals surface area contributed by atoms with Gasteiger partial charge in [0.25, 0.3) is 5.56 Å². The Hall–Kier alpha value is -2.68. The van der Waals surface area contributed by atoms with Crippen LogP contribution in [0.3, 0.4) is 0 Å². The number of rotatable bonds is 3. The van der Waals surface area contributed by atoms with Crippen LogP contribution in [-0.4, -0.2) is 15.4 Å². The summed E-state index contributed by atoms with van der Waals surface area (Å²) in [5.41, 5.74) is -0.128. The highest BCUT2D eigenvalue weighted by Gasteiger charge is 2.30. The van der Waals surface area contributed by atoms with Crippen molar-refractivity contribution in [2.75, 3.05) is 0 Å². The molecule has 0 aliphatic rings.